The molecule has 0 aliphatic carbocycles. The Kier molecular flexibility index (Phi) is 4.65. The number of rotatable bonds is 5. The SMILES string of the molecule is NC(=O)c1cc(-c2ccc(Br)cc2)nc(NCCO)n1. The molecule has 0 aliphatic heterocycles. The number of hydrogen-bond donors (Lipinski definition) is 3. The molecule has 0 aliphatic rings. The first-order valence-electron chi connectivity index (χ1n) is 5.89. The van der Waals surface area contributed by atoms with Crippen molar-refractivity contribution >= 4 is 27.8 Å². The maximum absolute atomic E-state index is 11.3. The fourth-order valence-electron chi connectivity index (χ4n) is 1.59. The number of aliphatic hydroxyl groups is 1. The third-order valence-electron chi connectivity index (χ3n) is 2.51. The van der Waals surface area contributed by atoms with Crippen LogP contribution in [0.25, 0.3) is 11.3 Å². The normalized spacial score (nSPS) is 10.3. The number of carbonyl (C=O) groups excluding carboxylic acids is 1. The molecule has 2 rings (SSSR count). The molecule has 6 nitrogen and oxygen atoms in total. The van der Waals surface area contributed by atoms with E-state index < -0.39 is 5.91 Å². The van der Waals surface area contributed by atoms with E-state index in [9.17, 15) is 4.79 Å². The number of primary amides is 1. The van der Waals surface area contributed by atoms with Gasteiger partial charge in [0.2, 0.25) is 5.95 Å². The number of nitrogens with zero attached hydrogens (tertiary/aromatic N) is 2. The lowest BCUT2D eigenvalue weighted by molar-refractivity contribution is 0.0995. The van der Waals surface area contributed by atoms with Crippen molar-refractivity contribution in [3.63, 3.8) is 0 Å². The van der Waals surface area contributed by atoms with Crippen LogP contribution in [0.5, 0.6) is 0 Å². The van der Waals surface area contributed by atoms with E-state index in [0.29, 0.717) is 12.2 Å². The van der Waals surface area contributed by atoms with Crippen LogP contribution in [-0.4, -0.2) is 34.1 Å². The van der Waals surface area contributed by atoms with Crippen molar-refractivity contribution in [3.05, 3.63) is 40.5 Å². The molecule has 4 N–H and O–H groups in total. The van der Waals surface area contributed by atoms with Gasteiger partial charge >= 0.3 is 0 Å². The number of aliphatic hydroxyl groups excluding tert-OH is 1. The van der Waals surface area contributed by atoms with Gasteiger partial charge in [0.25, 0.3) is 5.91 Å². The third-order valence-corrected chi connectivity index (χ3v) is 3.04. The van der Waals surface area contributed by atoms with E-state index in [4.69, 9.17) is 10.8 Å². The van der Waals surface area contributed by atoms with Crippen LogP contribution in [0.15, 0.2) is 34.8 Å². The van der Waals surface area contributed by atoms with Crippen molar-refractivity contribution < 1.29 is 9.90 Å². The standard InChI is InChI=1S/C13H13BrN4O2/c14-9-3-1-8(2-4-9)10-7-11(12(15)20)18-13(17-10)16-5-6-19/h1-4,7,19H,5-6H2,(H2,15,20)(H,16,17,18). The first kappa shape index (κ1) is 14.4. The van der Waals surface area contributed by atoms with Crippen LogP contribution in [-0.2, 0) is 0 Å². The smallest absolute Gasteiger partial charge is 0.267 e. The van der Waals surface area contributed by atoms with Gasteiger partial charge in [-0.25, -0.2) is 9.97 Å². The number of aromatic nitrogens is 2. The highest BCUT2D eigenvalue weighted by Crippen LogP contribution is 2.21. The van der Waals surface area contributed by atoms with Gasteiger partial charge in [0.15, 0.2) is 0 Å². The Labute approximate surface area is 124 Å². The summed E-state index contributed by atoms with van der Waals surface area (Å²) in [4.78, 5) is 19.6. The summed E-state index contributed by atoms with van der Waals surface area (Å²) in [6.07, 6.45) is 0. The minimum absolute atomic E-state index is 0.0578. The maximum atomic E-state index is 11.3. The van der Waals surface area contributed by atoms with Gasteiger partial charge in [-0.05, 0) is 18.2 Å². The topological polar surface area (TPSA) is 101 Å². The number of carbonyl (C=O) groups is 1. The van der Waals surface area contributed by atoms with Gasteiger partial charge in [0.1, 0.15) is 5.69 Å². The lowest BCUT2D eigenvalue weighted by atomic mass is 10.1. The van der Waals surface area contributed by atoms with Crippen LogP contribution in [0.4, 0.5) is 5.95 Å². The Hall–Kier alpha value is -1.99. The first-order chi connectivity index (χ1) is 9.60. The lowest BCUT2D eigenvalue weighted by Crippen LogP contribution is -2.16. The summed E-state index contributed by atoms with van der Waals surface area (Å²) in [5.41, 5.74) is 6.82. The van der Waals surface area contributed by atoms with Crippen LogP contribution in [0, 0.1) is 0 Å². The molecular formula is C13H13BrN4O2. The van der Waals surface area contributed by atoms with Crippen LogP contribution in [0.1, 0.15) is 10.5 Å². The third kappa shape index (κ3) is 3.52. The molecule has 0 saturated carbocycles. The van der Waals surface area contributed by atoms with Crippen molar-refractivity contribution in [2.45, 2.75) is 0 Å². The van der Waals surface area contributed by atoms with Crippen molar-refractivity contribution in [3.8, 4) is 11.3 Å². The van der Waals surface area contributed by atoms with Gasteiger partial charge in [0, 0.05) is 16.6 Å². The zero-order valence-corrected chi connectivity index (χ0v) is 12.1. The highest BCUT2D eigenvalue weighted by Gasteiger charge is 2.10. The molecule has 1 amide bonds. The summed E-state index contributed by atoms with van der Waals surface area (Å²) >= 11 is 3.36. The summed E-state index contributed by atoms with van der Waals surface area (Å²) in [5, 5.41) is 11.6. The number of halogens is 1. The minimum atomic E-state index is -0.627. The Morgan fingerprint density at radius 2 is 2.00 bits per heavy atom. The average molecular weight is 337 g/mol. The molecule has 2 aromatic rings. The second-order valence-corrected chi connectivity index (χ2v) is 4.90. The number of nitrogens with one attached hydrogen (secondary N) is 1. The molecule has 0 bridgehead atoms. The van der Waals surface area contributed by atoms with E-state index in [1.807, 2.05) is 24.3 Å². The molecule has 20 heavy (non-hydrogen) atoms. The molecular weight excluding hydrogens is 324 g/mol. The zero-order chi connectivity index (χ0) is 14.5. The fraction of sp³-hybridized carbons (Fsp3) is 0.154. The molecule has 0 unspecified atom stereocenters. The summed E-state index contributed by atoms with van der Waals surface area (Å²) in [6, 6.07) is 9.03. The monoisotopic (exact) mass is 336 g/mol. The number of amides is 1. The van der Waals surface area contributed by atoms with Crippen molar-refractivity contribution in [1.82, 2.24) is 9.97 Å². The lowest BCUT2D eigenvalue weighted by Gasteiger charge is -2.08. The van der Waals surface area contributed by atoms with Gasteiger partial charge < -0.3 is 16.2 Å². The van der Waals surface area contributed by atoms with Crippen molar-refractivity contribution in [2.24, 2.45) is 5.73 Å². The number of hydrogen-bond acceptors (Lipinski definition) is 5. The van der Waals surface area contributed by atoms with Crippen molar-refractivity contribution in [2.75, 3.05) is 18.5 Å². The molecule has 1 aromatic carbocycles. The second-order valence-electron chi connectivity index (χ2n) is 3.98. The molecule has 104 valence electrons. The molecule has 1 aromatic heterocycles. The Balaban J connectivity index is 2.43. The minimum Gasteiger partial charge on any atom is -0.395 e. The molecule has 7 heteroatoms. The Bertz CT molecular complexity index is 616. The molecule has 0 atom stereocenters. The summed E-state index contributed by atoms with van der Waals surface area (Å²) in [6.45, 7) is 0.236. The van der Waals surface area contributed by atoms with Crippen LogP contribution >= 0.6 is 15.9 Å². The molecule has 0 saturated heterocycles. The van der Waals surface area contributed by atoms with Crippen LogP contribution in [0.3, 0.4) is 0 Å². The predicted octanol–water partition coefficient (Wildman–Crippen LogP) is 1.41. The highest BCUT2D eigenvalue weighted by molar-refractivity contribution is 9.10. The van der Waals surface area contributed by atoms with Crippen LogP contribution < -0.4 is 11.1 Å². The molecule has 1 heterocycles. The van der Waals surface area contributed by atoms with Gasteiger partial charge in [-0.3, -0.25) is 4.79 Å². The summed E-state index contributed by atoms with van der Waals surface area (Å²) in [5.74, 6) is -0.369. The van der Waals surface area contributed by atoms with E-state index in [1.165, 1.54) is 6.07 Å². The molecule has 0 radical (unpaired) electrons. The van der Waals surface area contributed by atoms with E-state index in [-0.39, 0.29) is 18.2 Å². The quantitative estimate of drug-likeness (QED) is 0.766. The van der Waals surface area contributed by atoms with E-state index >= 15 is 0 Å². The average Bonchev–Trinajstić information content (AvgIpc) is 2.45. The highest BCUT2D eigenvalue weighted by atomic mass is 79.9. The van der Waals surface area contributed by atoms with E-state index in [2.05, 4.69) is 31.2 Å². The fourth-order valence-corrected chi connectivity index (χ4v) is 1.85. The molecule has 0 fully saturated rings. The number of benzene rings is 1. The molecule has 0 spiro atoms. The van der Waals surface area contributed by atoms with Gasteiger partial charge in [-0.1, -0.05) is 28.1 Å². The maximum Gasteiger partial charge on any atom is 0.267 e. The zero-order valence-electron chi connectivity index (χ0n) is 10.5. The number of anilines is 1. The van der Waals surface area contributed by atoms with Gasteiger partial charge in [-0.15, -0.1) is 0 Å². The van der Waals surface area contributed by atoms with Gasteiger partial charge in [0.05, 0.1) is 12.3 Å². The summed E-state index contributed by atoms with van der Waals surface area (Å²) in [7, 11) is 0. The first-order valence-corrected chi connectivity index (χ1v) is 6.69. The largest absolute Gasteiger partial charge is 0.395 e. The second kappa shape index (κ2) is 6.44. The predicted molar refractivity (Wildman–Crippen MR) is 79.3 cm³/mol. The number of nitrogens with two attached hydrogens (primary N) is 1. The summed E-state index contributed by atoms with van der Waals surface area (Å²) < 4.78 is 0.948. The van der Waals surface area contributed by atoms with Crippen LogP contribution in [0.2, 0.25) is 0 Å². The van der Waals surface area contributed by atoms with E-state index in [0.717, 1.165) is 10.0 Å². The Morgan fingerprint density at radius 1 is 1.30 bits per heavy atom. The van der Waals surface area contributed by atoms with Crippen molar-refractivity contribution in [1.29, 1.82) is 0 Å². The van der Waals surface area contributed by atoms with E-state index in [1.54, 1.807) is 0 Å². The van der Waals surface area contributed by atoms with Gasteiger partial charge in [-0.2, -0.15) is 0 Å². The Morgan fingerprint density at radius 3 is 2.60 bits per heavy atom.